The van der Waals surface area contributed by atoms with Gasteiger partial charge in [-0.25, -0.2) is 9.78 Å². The quantitative estimate of drug-likeness (QED) is 0.711. The molecule has 1 saturated heterocycles. The zero-order chi connectivity index (χ0) is 16.9. The van der Waals surface area contributed by atoms with Gasteiger partial charge in [-0.15, -0.1) is 11.3 Å². The summed E-state index contributed by atoms with van der Waals surface area (Å²) in [6, 6.07) is 6.70. The molecule has 3 N–H and O–H groups in total. The van der Waals surface area contributed by atoms with Gasteiger partial charge in [0.1, 0.15) is 6.04 Å². The normalized spacial score (nSPS) is 17.9. The molecule has 126 valence electrons. The number of nitrogens with one attached hydrogen (secondary N) is 3. The molecule has 8 heteroatoms. The Kier molecular flexibility index (Phi) is 5.05. The zero-order valence-corrected chi connectivity index (χ0v) is 13.8. The Bertz CT molecular complexity index is 741. The Labute approximate surface area is 142 Å². The summed E-state index contributed by atoms with van der Waals surface area (Å²) in [5.74, 6) is -0.622. The fourth-order valence-corrected chi connectivity index (χ4v) is 3.54. The average molecular weight is 346 g/mol. The van der Waals surface area contributed by atoms with Crippen LogP contribution >= 0.6 is 11.3 Å². The van der Waals surface area contributed by atoms with Crippen molar-refractivity contribution in [3.63, 3.8) is 0 Å². The molecule has 0 spiro atoms. The van der Waals surface area contributed by atoms with Gasteiger partial charge in [-0.2, -0.15) is 0 Å². The van der Waals surface area contributed by atoms with Crippen molar-refractivity contribution in [3.8, 4) is 0 Å². The van der Waals surface area contributed by atoms with Gasteiger partial charge in [0.2, 0.25) is 11.8 Å². The number of fused-ring (bicyclic) bond motifs is 1. The Morgan fingerprint density at radius 2 is 2.17 bits per heavy atom. The summed E-state index contributed by atoms with van der Waals surface area (Å²) in [7, 11) is 0. The lowest BCUT2D eigenvalue weighted by molar-refractivity contribution is -0.123. The number of urea groups is 1. The van der Waals surface area contributed by atoms with Crippen LogP contribution in [-0.4, -0.2) is 35.4 Å². The first kappa shape index (κ1) is 16.4. The van der Waals surface area contributed by atoms with Gasteiger partial charge in [0, 0.05) is 19.4 Å². The van der Waals surface area contributed by atoms with E-state index in [0.717, 1.165) is 28.1 Å². The van der Waals surface area contributed by atoms with Crippen LogP contribution in [0.1, 0.15) is 24.3 Å². The van der Waals surface area contributed by atoms with Gasteiger partial charge in [0.05, 0.1) is 15.2 Å². The van der Waals surface area contributed by atoms with Crippen LogP contribution in [0.2, 0.25) is 0 Å². The van der Waals surface area contributed by atoms with Gasteiger partial charge in [-0.05, 0) is 25.0 Å². The number of benzene rings is 1. The molecule has 1 aliphatic rings. The lowest BCUT2D eigenvalue weighted by atomic mass is 10.1. The van der Waals surface area contributed by atoms with E-state index in [4.69, 9.17) is 0 Å². The molecule has 2 heterocycles. The third-order valence-electron chi connectivity index (χ3n) is 3.74. The van der Waals surface area contributed by atoms with Crippen molar-refractivity contribution in [2.45, 2.75) is 31.7 Å². The fraction of sp³-hybridized carbons (Fsp3) is 0.375. The van der Waals surface area contributed by atoms with E-state index in [2.05, 4.69) is 20.9 Å². The highest BCUT2D eigenvalue weighted by Crippen LogP contribution is 2.22. The lowest BCUT2D eigenvalue weighted by Crippen LogP contribution is -2.48. The molecular formula is C16H18N4O3S. The van der Waals surface area contributed by atoms with Crippen molar-refractivity contribution in [1.29, 1.82) is 0 Å². The van der Waals surface area contributed by atoms with Gasteiger partial charge in [0.15, 0.2) is 0 Å². The second kappa shape index (κ2) is 7.39. The number of aryl methyl sites for hydroxylation is 1. The third kappa shape index (κ3) is 4.08. The van der Waals surface area contributed by atoms with Gasteiger partial charge < -0.3 is 10.6 Å². The topological polar surface area (TPSA) is 100 Å². The van der Waals surface area contributed by atoms with E-state index < -0.39 is 12.1 Å². The van der Waals surface area contributed by atoms with Crippen LogP contribution in [0.3, 0.4) is 0 Å². The predicted molar refractivity (Wildman–Crippen MR) is 90.6 cm³/mol. The standard InChI is InChI=1S/C16H18N4O3S/c21-13-8-7-11(19-16(23)20-13)15(22)17-9-3-6-14-18-10-4-1-2-5-12(10)24-14/h1-2,4-5,11H,3,6-9H2,(H,17,22)(H2,19,20,21,23)/t11-/m1/s1. The highest BCUT2D eigenvalue weighted by atomic mass is 32.1. The van der Waals surface area contributed by atoms with Crippen molar-refractivity contribution in [3.05, 3.63) is 29.3 Å². The van der Waals surface area contributed by atoms with Crippen molar-refractivity contribution < 1.29 is 14.4 Å². The van der Waals surface area contributed by atoms with Crippen LogP contribution in [0, 0.1) is 0 Å². The summed E-state index contributed by atoms with van der Waals surface area (Å²) in [4.78, 5) is 39.3. The first-order chi connectivity index (χ1) is 11.6. The van der Waals surface area contributed by atoms with Crippen LogP contribution in [0.4, 0.5) is 4.79 Å². The lowest BCUT2D eigenvalue weighted by Gasteiger charge is -2.14. The number of carbonyl (C=O) groups is 3. The number of rotatable bonds is 5. The summed E-state index contributed by atoms with van der Waals surface area (Å²) < 4.78 is 1.16. The maximum atomic E-state index is 12.1. The highest BCUT2D eigenvalue weighted by molar-refractivity contribution is 7.18. The number of para-hydroxylation sites is 1. The number of aromatic nitrogens is 1. The van der Waals surface area contributed by atoms with Crippen LogP contribution in [0.5, 0.6) is 0 Å². The van der Waals surface area contributed by atoms with Gasteiger partial charge in [0.25, 0.3) is 0 Å². The fourth-order valence-electron chi connectivity index (χ4n) is 2.53. The number of hydrogen-bond donors (Lipinski definition) is 3. The summed E-state index contributed by atoms with van der Waals surface area (Å²) in [6.45, 7) is 0.502. The number of imide groups is 1. The Morgan fingerprint density at radius 1 is 1.33 bits per heavy atom. The molecule has 0 unspecified atom stereocenters. The molecule has 7 nitrogen and oxygen atoms in total. The van der Waals surface area contributed by atoms with E-state index in [1.807, 2.05) is 24.3 Å². The molecule has 24 heavy (non-hydrogen) atoms. The number of hydrogen-bond acceptors (Lipinski definition) is 5. The number of thiazole rings is 1. The second-order valence-electron chi connectivity index (χ2n) is 5.58. The summed E-state index contributed by atoms with van der Waals surface area (Å²) in [5.41, 5.74) is 1.000. The van der Waals surface area contributed by atoms with E-state index in [1.165, 1.54) is 0 Å². The van der Waals surface area contributed by atoms with E-state index in [-0.39, 0.29) is 18.2 Å². The second-order valence-corrected chi connectivity index (χ2v) is 6.70. The van der Waals surface area contributed by atoms with Crippen molar-refractivity contribution in [2.75, 3.05) is 6.54 Å². The Hall–Kier alpha value is -2.48. The highest BCUT2D eigenvalue weighted by Gasteiger charge is 2.25. The van der Waals surface area contributed by atoms with E-state index >= 15 is 0 Å². The van der Waals surface area contributed by atoms with Crippen molar-refractivity contribution >= 4 is 39.4 Å². The van der Waals surface area contributed by atoms with Gasteiger partial charge in [-0.1, -0.05) is 12.1 Å². The molecule has 4 amide bonds. The van der Waals surface area contributed by atoms with Gasteiger partial charge in [-0.3, -0.25) is 14.9 Å². The van der Waals surface area contributed by atoms with Crippen molar-refractivity contribution in [1.82, 2.24) is 20.9 Å². The SMILES string of the molecule is O=C1CC[C@H](C(=O)NCCCc2nc3ccccc3s2)NC(=O)N1. The molecule has 1 aromatic carbocycles. The molecular weight excluding hydrogens is 328 g/mol. The maximum Gasteiger partial charge on any atom is 0.322 e. The first-order valence-corrected chi connectivity index (χ1v) is 8.66. The van der Waals surface area contributed by atoms with Gasteiger partial charge >= 0.3 is 6.03 Å². The average Bonchev–Trinajstić information content (AvgIpc) is 2.89. The first-order valence-electron chi connectivity index (χ1n) is 7.84. The van der Waals surface area contributed by atoms with Crippen molar-refractivity contribution in [2.24, 2.45) is 0 Å². The molecule has 1 aromatic heterocycles. The Morgan fingerprint density at radius 3 is 3.00 bits per heavy atom. The monoisotopic (exact) mass is 346 g/mol. The largest absolute Gasteiger partial charge is 0.354 e. The molecule has 0 radical (unpaired) electrons. The zero-order valence-electron chi connectivity index (χ0n) is 13.0. The molecule has 0 bridgehead atoms. The number of amides is 4. The summed E-state index contributed by atoms with van der Waals surface area (Å²) >= 11 is 1.66. The number of nitrogens with zero attached hydrogens (tertiary/aromatic N) is 1. The third-order valence-corrected chi connectivity index (χ3v) is 4.84. The van der Waals surface area contributed by atoms with Crippen LogP contribution in [-0.2, 0) is 16.0 Å². The van der Waals surface area contributed by atoms with Crippen LogP contribution in [0.25, 0.3) is 10.2 Å². The van der Waals surface area contributed by atoms with E-state index in [1.54, 1.807) is 11.3 Å². The van der Waals surface area contributed by atoms with Crippen LogP contribution in [0.15, 0.2) is 24.3 Å². The molecule has 1 atom stereocenters. The minimum atomic E-state index is -0.668. The minimum Gasteiger partial charge on any atom is -0.354 e. The number of carbonyl (C=O) groups excluding carboxylic acids is 3. The van der Waals surface area contributed by atoms with E-state index in [0.29, 0.717) is 13.0 Å². The smallest absolute Gasteiger partial charge is 0.322 e. The molecule has 2 aromatic rings. The molecule has 0 saturated carbocycles. The Balaban J connectivity index is 1.44. The maximum absolute atomic E-state index is 12.1. The molecule has 1 aliphatic heterocycles. The molecule has 1 fully saturated rings. The van der Waals surface area contributed by atoms with E-state index in [9.17, 15) is 14.4 Å². The summed E-state index contributed by atoms with van der Waals surface area (Å²) in [5, 5.41) is 8.49. The summed E-state index contributed by atoms with van der Waals surface area (Å²) in [6.07, 6.45) is 2.02. The van der Waals surface area contributed by atoms with Crippen LogP contribution < -0.4 is 16.0 Å². The minimum absolute atomic E-state index is 0.155. The predicted octanol–water partition coefficient (Wildman–Crippen LogP) is 1.33. The molecule has 0 aliphatic carbocycles. The molecule has 3 rings (SSSR count).